The van der Waals surface area contributed by atoms with Crippen LogP contribution in [0.1, 0.15) is 49.1 Å². The Kier molecular flexibility index (Phi) is 10.2. The zero-order valence-electron chi connectivity index (χ0n) is 24.1. The summed E-state index contributed by atoms with van der Waals surface area (Å²) in [6.45, 7) is 7.71. The molecule has 1 saturated heterocycles. The van der Waals surface area contributed by atoms with Gasteiger partial charge in [-0.15, -0.1) is 0 Å². The Bertz CT molecular complexity index is 1660. The van der Waals surface area contributed by atoms with Gasteiger partial charge < -0.3 is 0 Å². The van der Waals surface area contributed by atoms with E-state index < -0.39 is 31.5 Å². The number of rotatable bonds is 9. The van der Waals surface area contributed by atoms with E-state index in [-0.39, 0.29) is 5.82 Å². The van der Waals surface area contributed by atoms with Crippen molar-refractivity contribution in [1.29, 1.82) is 0 Å². The number of aromatic nitrogens is 2. The fourth-order valence-corrected chi connectivity index (χ4v) is 9.36. The van der Waals surface area contributed by atoms with Crippen LogP contribution in [-0.4, -0.2) is 53.7 Å². The van der Waals surface area contributed by atoms with Gasteiger partial charge in [-0.3, -0.25) is 0 Å². The number of hydrazine groups is 1. The maximum atomic E-state index is 13.7. The molecule has 0 unspecified atom stereocenters. The average molecular weight is 747 g/mol. The Morgan fingerprint density at radius 3 is 2.44 bits per heavy atom. The number of urea groups is 1. The predicted octanol–water partition coefficient (Wildman–Crippen LogP) is 6.68. The number of thioether (sulfide) groups is 1. The number of nitrogens with zero attached hydrogens (tertiary/aromatic N) is 3. The quantitative estimate of drug-likeness (QED) is 0.148. The molecule has 4 aromatic rings. The van der Waals surface area contributed by atoms with E-state index in [0.29, 0.717) is 19.4 Å². The number of halogens is 3. The number of aryl methyl sites for hydroxylation is 1. The summed E-state index contributed by atoms with van der Waals surface area (Å²) in [6.07, 6.45) is 3.91. The Morgan fingerprint density at radius 2 is 1.77 bits per heavy atom. The van der Waals surface area contributed by atoms with E-state index in [2.05, 4.69) is 27.4 Å². The van der Waals surface area contributed by atoms with Crippen molar-refractivity contribution >= 4 is 64.6 Å². The van der Waals surface area contributed by atoms with Crippen LogP contribution in [-0.2, 0) is 14.2 Å². The second-order valence-corrected chi connectivity index (χ2v) is 17.0. The number of benzene rings is 3. The van der Waals surface area contributed by atoms with Gasteiger partial charge in [0.15, 0.2) is 0 Å². The van der Waals surface area contributed by atoms with Crippen molar-refractivity contribution in [3.63, 3.8) is 0 Å². The van der Waals surface area contributed by atoms with E-state index in [1.165, 1.54) is 23.9 Å². The van der Waals surface area contributed by atoms with Gasteiger partial charge in [-0.1, -0.05) is 0 Å². The van der Waals surface area contributed by atoms with Crippen LogP contribution in [0.5, 0.6) is 0 Å². The van der Waals surface area contributed by atoms with Crippen LogP contribution in [0.15, 0.2) is 72.0 Å². The molecule has 0 radical (unpaired) electrons. The first-order chi connectivity index (χ1) is 20.5. The molecule has 0 spiro atoms. The van der Waals surface area contributed by atoms with Crippen LogP contribution in [0.3, 0.4) is 0 Å². The van der Waals surface area contributed by atoms with Crippen molar-refractivity contribution in [2.45, 2.75) is 49.9 Å². The second kappa shape index (κ2) is 13.7. The van der Waals surface area contributed by atoms with Gasteiger partial charge in [-0.2, -0.15) is 0 Å². The number of imidazole rings is 1. The van der Waals surface area contributed by atoms with Crippen molar-refractivity contribution < 1.29 is 12.3 Å². The van der Waals surface area contributed by atoms with Crippen molar-refractivity contribution in [1.82, 2.24) is 23.5 Å². The first-order valence-electron chi connectivity index (χ1n) is 13.9. The van der Waals surface area contributed by atoms with Gasteiger partial charge in [0, 0.05) is 0 Å². The molecule has 3 aromatic carbocycles. The Hall–Kier alpha value is -2.44. The Morgan fingerprint density at radius 1 is 1.05 bits per heavy atom. The van der Waals surface area contributed by atoms with Crippen molar-refractivity contribution in [2.24, 2.45) is 0 Å². The van der Waals surface area contributed by atoms with Gasteiger partial charge in [-0.05, 0) is 19.1 Å². The molecule has 0 bridgehead atoms. The zero-order chi connectivity index (χ0) is 30.7. The second-order valence-electron chi connectivity index (χ2n) is 11.0. The van der Waals surface area contributed by atoms with Gasteiger partial charge in [0.25, 0.3) is 0 Å². The summed E-state index contributed by atoms with van der Waals surface area (Å²) in [4.78, 5) is 17.1. The summed E-state index contributed by atoms with van der Waals surface area (Å²) in [7, 11) is 0. The maximum absolute atomic E-state index is 13.7. The van der Waals surface area contributed by atoms with Crippen LogP contribution in [0.4, 0.5) is 9.18 Å². The molecular weight excluding hydrogens is 715 g/mol. The zero-order valence-corrected chi connectivity index (χ0v) is 29.3. The minimum atomic E-state index is -3.64. The van der Waals surface area contributed by atoms with Gasteiger partial charge in [0.2, 0.25) is 0 Å². The van der Waals surface area contributed by atoms with Crippen LogP contribution < -0.4 is 12.5 Å². The summed E-state index contributed by atoms with van der Waals surface area (Å²) < 4.78 is 31.9. The SMILES string of the molecule is Cc1ccc(-n2c(C(C)(C)c3ccc(F)cc3)cnc2SCc2cc[c]([Sn](=[O])[NH]C(=O)NN3CCCC3)cc2Cl)cc1Cl. The van der Waals surface area contributed by atoms with Crippen LogP contribution in [0, 0.1) is 12.7 Å². The fourth-order valence-electron chi connectivity index (χ4n) is 4.99. The fraction of sp³-hybridized carbons (Fsp3) is 0.290. The molecule has 1 fully saturated rings. The van der Waals surface area contributed by atoms with Crippen LogP contribution in [0.25, 0.3) is 5.69 Å². The summed E-state index contributed by atoms with van der Waals surface area (Å²) in [5.74, 6) is 0.220. The van der Waals surface area contributed by atoms with E-state index in [9.17, 15) is 12.3 Å². The third-order valence-corrected chi connectivity index (χ3v) is 13.1. The molecule has 0 aliphatic carbocycles. The van der Waals surface area contributed by atoms with Gasteiger partial charge in [-0.25, -0.2) is 4.39 Å². The molecule has 224 valence electrons. The summed E-state index contributed by atoms with van der Waals surface area (Å²) in [5.41, 5.74) is 6.81. The first kappa shape index (κ1) is 32.0. The van der Waals surface area contributed by atoms with E-state index >= 15 is 0 Å². The predicted molar refractivity (Wildman–Crippen MR) is 171 cm³/mol. The van der Waals surface area contributed by atoms with Crippen molar-refractivity contribution in [3.05, 3.63) is 105 Å². The molecule has 0 atom stereocenters. The van der Waals surface area contributed by atoms with Gasteiger partial charge in [0.05, 0.1) is 0 Å². The average Bonchev–Trinajstić information content (AvgIpc) is 3.64. The summed E-state index contributed by atoms with van der Waals surface area (Å²) >= 11 is 11.1. The molecule has 2 N–H and O–H groups in total. The van der Waals surface area contributed by atoms with Crippen molar-refractivity contribution in [3.8, 4) is 5.69 Å². The van der Waals surface area contributed by atoms with E-state index in [1.54, 1.807) is 24.3 Å². The summed E-state index contributed by atoms with van der Waals surface area (Å²) in [5, 5.41) is 3.70. The molecule has 2 heterocycles. The molecule has 5 rings (SSSR count). The Labute approximate surface area is 272 Å². The third kappa shape index (κ3) is 7.45. The molecule has 0 saturated carbocycles. The first-order valence-corrected chi connectivity index (χ1v) is 19.7. The monoisotopic (exact) mass is 747 g/mol. The van der Waals surface area contributed by atoms with Gasteiger partial charge >= 0.3 is 245 Å². The molecule has 1 aliphatic rings. The van der Waals surface area contributed by atoms with Crippen LogP contribution in [0.2, 0.25) is 10.0 Å². The number of nitrogens with one attached hydrogen (secondary N) is 2. The molecular formula is C31H32Cl2FN5O2SSn. The standard InChI is InChI=1S/C26H22Cl2FN2S.C5H11N3O.O.Sn/c1-17-8-13-21(14-23(17)28)31-24(26(2,3)19-9-11-20(29)12-10-19)15-30-25(31)32-16-18-6-4-5-7-22(18)27;6-5(9)7-8-3-1-2-4-8;;/h4,6-15H,16H2,1-3H3;1-4H2,(H3,6,7,9);;/q;;;+1/p-1. The molecule has 1 aromatic heterocycles. The minimum absolute atomic E-state index is 0.286. The Balaban J connectivity index is 1.37. The van der Waals surface area contributed by atoms with E-state index in [1.807, 2.05) is 42.4 Å². The van der Waals surface area contributed by atoms with E-state index in [0.717, 1.165) is 59.2 Å². The molecule has 12 heteroatoms. The van der Waals surface area contributed by atoms with Crippen LogP contribution >= 0.6 is 35.0 Å². The number of amides is 2. The van der Waals surface area contributed by atoms with E-state index in [4.69, 9.17) is 28.2 Å². The topological polar surface area (TPSA) is 79.3 Å². The molecule has 2 amide bonds. The van der Waals surface area contributed by atoms with Crippen molar-refractivity contribution in [2.75, 3.05) is 13.1 Å². The number of hydrogen-bond donors (Lipinski definition) is 2. The number of carbonyl (C=O) groups excluding carboxylic acids is 1. The molecule has 1 aliphatic heterocycles. The third-order valence-electron chi connectivity index (χ3n) is 7.61. The number of hydrogen-bond acceptors (Lipinski definition) is 5. The molecule has 43 heavy (non-hydrogen) atoms. The normalized spacial score (nSPS) is 13.7. The summed E-state index contributed by atoms with van der Waals surface area (Å²) in [6, 6.07) is 17.3. The molecule has 7 nitrogen and oxygen atoms in total. The van der Waals surface area contributed by atoms with Gasteiger partial charge in [0.1, 0.15) is 5.82 Å². The number of carbonyl (C=O) groups is 1.